The van der Waals surface area contributed by atoms with Crippen LogP contribution in [-0.4, -0.2) is 65.7 Å². The summed E-state index contributed by atoms with van der Waals surface area (Å²) in [7, 11) is 1.56. The highest BCUT2D eigenvalue weighted by Crippen LogP contribution is 2.25. The first-order valence-corrected chi connectivity index (χ1v) is 6.78. The molecule has 0 saturated carbocycles. The molecule has 1 heterocycles. The maximum absolute atomic E-state index is 12.2. The van der Waals surface area contributed by atoms with Gasteiger partial charge in [0.15, 0.2) is 0 Å². The topological polar surface area (TPSA) is 87.2 Å². The number of carboxylic acid groups (broad SMARTS) is 1. The second kappa shape index (κ2) is 7.12. The minimum Gasteiger partial charge on any atom is -0.480 e. The van der Waals surface area contributed by atoms with E-state index in [1.54, 1.807) is 14.0 Å². The van der Waals surface area contributed by atoms with Crippen LogP contribution >= 0.6 is 0 Å². The molecular formula is C13H22N2O5. The van der Waals surface area contributed by atoms with Crippen molar-refractivity contribution in [2.45, 2.75) is 32.7 Å². The van der Waals surface area contributed by atoms with Gasteiger partial charge in [-0.1, -0.05) is 6.92 Å². The maximum Gasteiger partial charge on any atom is 0.326 e. The molecule has 1 rings (SSSR count). The van der Waals surface area contributed by atoms with E-state index in [1.807, 2.05) is 6.92 Å². The van der Waals surface area contributed by atoms with Gasteiger partial charge in [0.05, 0.1) is 13.0 Å². The molecule has 20 heavy (non-hydrogen) atoms. The minimum atomic E-state index is -0.984. The third-order valence-electron chi connectivity index (χ3n) is 3.48. The van der Waals surface area contributed by atoms with Crippen molar-refractivity contribution >= 4 is 18.0 Å². The molecule has 0 aromatic rings. The van der Waals surface area contributed by atoms with Gasteiger partial charge in [0.25, 0.3) is 0 Å². The number of nitrogens with zero attached hydrogens (tertiary/aromatic N) is 2. The first-order valence-electron chi connectivity index (χ1n) is 6.78. The summed E-state index contributed by atoms with van der Waals surface area (Å²) >= 11 is 0. The Morgan fingerprint density at radius 3 is 2.60 bits per heavy atom. The lowest BCUT2D eigenvalue weighted by molar-refractivity contribution is -0.144. The van der Waals surface area contributed by atoms with Gasteiger partial charge in [0, 0.05) is 20.1 Å². The van der Waals surface area contributed by atoms with Crippen LogP contribution in [0.15, 0.2) is 0 Å². The van der Waals surface area contributed by atoms with E-state index in [-0.39, 0.29) is 30.9 Å². The second-order valence-corrected chi connectivity index (χ2v) is 5.00. The molecule has 2 atom stereocenters. The molecule has 0 aromatic heterocycles. The molecular weight excluding hydrogens is 264 g/mol. The van der Waals surface area contributed by atoms with E-state index in [9.17, 15) is 19.5 Å². The van der Waals surface area contributed by atoms with Crippen molar-refractivity contribution in [1.82, 2.24) is 9.80 Å². The summed E-state index contributed by atoms with van der Waals surface area (Å²) in [5, 5.41) is 9.19. The molecule has 1 N–H and O–H groups in total. The van der Waals surface area contributed by atoms with Crippen molar-refractivity contribution in [3.05, 3.63) is 0 Å². The number of rotatable bonds is 5. The normalized spacial score (nSPS) is 21.6. The van der Waals surface area contributed by atoms with Crippen molar-refractivity contribution in [2.24, 2.45) is 5.92 Å². The van der Waals surface area contributed by atoms with Gasteiger partial charge in [-0.25, -0.2) is 9.59 Å². The fraction of sp³-hybridized carbons (Fsp3) is 0.769. The van der Waals surface area contributed by atoms with Crippen molar-refractivity contribution in [3.63, 3.8) is 0 Å². The molecule has 2 amide bonds. The molecule has 0 aromatic carbocycles. The Labute approximate surface area is 118 Å². The molecule has 7 nitrogen and oxygen atoms in total. The van der Waals surface area contributed by atoms with Gasteiger partial charge < -0.3 is 19.6 Å². The van der Waals surface area contributed by atoms with Gasteiger partial charge in [-0.3, -0.25) is 4.79 Å². The summed E-state index contributed by atoms with van der Waals surface area (Å²) in [6.07, 6.45) is 0.783. The van der Waals surface area contributed by atoms with Crippen LogP contribution in [0.2, 0.25) is 0 Å². The van der Waals surface area contributed by atoms with Crippen LogP contribution in [-0.2, 0) is 14.3 Å². The predicted octanol–water partition coefficient (Wildman–Crippen LogP) is 0.786. The maximum atomic E-state index is 12.2. The molecule has 2 unspecified atom stereocenters. The van der Waals surface area contributed by atoms with Gasteiger partial charge in [-0.15, -0.1) is 0 Å². The first-order chi connectivity index (χ1) is 9.38. The molecule has 7 heteroatoms. The number of amides is 2. The Bertz CT molecular complexity index is 385. The van der Waals surface area contributed by atoms with Crippen LogP contribution in [0.1, 0.15) is 26.7 Å². The zero-order chi connectivity index (χ0) is 15.3. The van der Waals surface area contributed by atoms with Crippen LogP contribution in [0.3, 0.4) is 0 Å². The molecule has 1 aliphatic rings. The average Bonchev–Trinajstić information content (AvgIpc) is 2.77. The average molecular weight is 286 g/mol. The summed E-state index contributed by atoms with van der Waals surface area (Å²) in [5.74, 6) is -1.41. The van der Waals surface area contributed by atoms with Crippen LogP contribution in [0, 0.1) is 5.92 Å². The monoisotopic (exact) mass is 286 g/mol. The molecule has 1 saturated heterocycles. The molecule has 1 aliphatic heterocycles. The van der Waals surface area contributed by atoms with Crippen LogP contribution in [0.25, 0.3) is 0 Å². The Balaban J connectivity index is 2.56. The number of carbonyl (C=O) groups excluding carboxylic acids is 2. The minimum absolute atomic E-state index is 0.0603. The predicted molar refractivity (Wildman–Crippen MR) is 71.2 cm³/mol. The molecule has 0 spiro atoms. The van der Waals surface area contributed by atoms with E-state index in [2.05, 4.69) is 0 Å². The van der Waals surface area contributed by atoms with Gasteiger partial charge >= 0.3 is 18.0 Å². The second-order valence-electron chi connectivity index (χ2n) is 5.00. The highest BCUT2D eigenvalue weighted by atomic mass is 16.5. The zero-order valence-electron chi connectivity index (χ0n) is 12.2. The third-order valence-corrected chi connectivity index (χ3v) is 3.48. The van der Waals surface area contributed by atoms with E-state index in [0.717, 1.165) is 0 Å². The Morgan fingerprint density at radius 1 is 1.40 bits per heavy atom. The SMILES string of the molecule is CCOC(=O)CCN(C)C(=O)N1CCC(C)C1C(=O)O. The van der Waals surface area contributed by atoms with Gasteiger partial charge in [0.1, 0.15) is 6.04 Å². The summed E-state index contributed by atoms with van der Waals surface area (Å²) < 4.78 is 4.79. The van der Waals surface area contributed by atoms with E-state index in [1.165, 1.54) is 9.80 Å². The number of likely N-dealkylation sites (tertiary alicyclic amines) is 1. The van der Waals surface area contributed by atoms with E-state index >= 15 is 0 Å². The van der Waals surface area contributed by atoms with Crippen molar-refractivity contribution in [3.8, 4) is 0 Å². The Morgan fingerprint density at radius 2 is 2.05 bits per heavy atom. The molecule has 0 bridgehead atoms. The van der Waals surface area contributed by atoms with Crippen LogP contribution in [0.5, 0.6) is 0 Å². The summed E-state index contributed by atoms with van der Waals surface area (Å²) in [6.45, 7) is 4.50. The van der Waals surface area contributed by atoms with Gasteiger partial charge in [0.2, 0.25) is 0 Å². The number of esters is 1. The van der Waals surface area contributed by atoms with Crippen molar-refractivity contribution in [2.75, 3.05) is 26.7 Å². The highest BCUT2D eigenvalue weighted by molar-refractivity contribution is 5.83. The number of hydrogen-bond donors (Lipinski definition) is 1. The van der Waals surface area contributed by atoms with Gasteiger partial charge in [-0.05, 0) is 19.3 Å². The number of ether oxygens (including phenoxy) is 1. The Hall–Kier alpha value is -1.79. The molecule has 114 valence electrons. The van der Waals surface area contributed by atoms with Gasteiger partial charge in [-0.2, -0.15) is 0 Å². The summed E-state index contributed by atoms with van der Waals surface area (Å²) in [6, 6.07) is -1.14. The van der Waals surface area contributed by atoms with E-state index in [4.69, 9.17) is 4.74 Å². The Kier molecular flexibility index (Phi) is 5.79. The fourth-order valence-corrected chi connectivity index (χ4v) is 2.35. The fourth-order valence-electron chi connectivity index (χ4n) is 2.35. The van der Waals surface area contributed by atoms with E-state index in [0.29, 0.717) is 19.6 Å². The van der Waals surface area contributed by atoms with Crippen molar-refractivity contribution < 1.29 is 24.2 Å². The first kappa shape index (κ1) is 16.3. The lowest BCUT2D eigenvalue weighted by Gasteiger charge is -2.28. The third kappa shape index (κ3) is 3.85. The number of aliphatic carboxylic acids is 1. The lowest BCUT2D eigenvalue weighted by atomic mass is 10.0. The lowest BCUT2D eigenvalue weighted by Crippen LogP contribution is -2.48. The quantitative estimate of drug-likeness (QED) is 0.755. The standard InChI is InChI=1S/C13H22N2O5/c1-4-20-10(16)6-7-14(3)13(19)15-8-5-9(2)11(15)12(17)18/h9,11H,4-8H2,1-3H3,(H,17,18). The smallest absolute Gasteiger partial charge is 0.326 e. The van der Waals surface area contributed by atoms with E-state index < -0.39 is 12.0 Å². The summed E-state index contributed by atoms with van der Waals surface area (Å²) in [4.78, 5) is 37.4. The molecule has 1 fully saturated rings. The largest absolute Gasteiger partial charge is 0.480 e. The highest BCUT2D eigenvalue weighted by Gasteiger charge is 2.40. The number of hydrogen-bond acceptors (Lipinski definition) is 4. The number of carbonyl (C=O) groups is 3. The van der Waals surface area contributed by atoms with Crippen LogP contribution in [0.4, 0.5) is 4.79 Å². The van der Waals surface area contributed by atoms with Crippen molar-refractivity contribution in [1.29, 1.82) is 0 Å². The summed E-state index contributed by atoms with van der Waals surface area (Å²) in [5.41, 5.74) is 0. The van der Waals surface area contributed by atoms with Crippen LogP contribution < -0.4 is 0 Å². The molecule has 0 aliphatic carbocycles. The zero-order valence-corrected chi connectivity index (χ0v) is 12.2. The molecule has 0 radical (unpaired) electrons. The number of carboxylic acids is 1. The number of urea groups is 1.